The average molecular weight is 328 g/mol. The Morgan fingerprint density at radius 2 is 2.00 bits per heavy atom. The van der Waals surface area contributed by atoms with Crippen molar-refractivity contribution in [3.05, 3.63) is 12.2 Å². The number of allylic oxidation sites excluding steroid dienone is 2. The minimum absolute atomic E-state index is 0.0346. The maximum atomic E-state index is 10.8. The summed E-state index contributed by atoms with van der Waals surface area (Å²) in [6, 6.07) is 0. The van der Waals surface area contributed by atoms with Crippen molar-refractivity contribution in [3.63, 3.8) is 0 Å². The maximum Gasteiger partial charge on any atom is 0.306 e. The van der Waals surface area contributed by atoms with E-state index in [1.165, 1.54) is 19.3 Å². The quantitative estimate of drug-likeness (QED) is 0.344. The van der Waals surface area contributed by atoms with Crippen molar-refractivity contribution in [1.82, 2.24) is 0 Å². The van der Waals surface area contributed by atoms with Crippen LogP contribution in [0.25, 0.3) is 0 Å². The second-order valence-electron chi connectivity index (χ2n) is 6.49. The molecular weight excluding hydrogens is 296 g/mol. The topological polar surface area (TPSA) is 65.0 Å². The molecule has 0 radical (unpaired) electrons. The van der Waals surface area contributed by atoms with Crippen LogP contribution >= 0.6 is 0 Å². The van der Waals surface area contributed by atoms with Gasteiger partial charge in [0, 0.05) is 20.0 Å². The first-order chi connectivity index (χ1) is 11.0. The second kappa shape index (κ2) is 10.8. The zero-order valence-electron chi connectivity index (χ0n) is 14.8. The highest BCUT2D eigenvalue weighted by atomic mass is 17.2. The summed E-state index contributed by atoms with van der Waals surface area (Å²) < 4.78 is 5.56. The second-order valence-corrected chi connectivity index (χ2v) is 6.49. The molecule has 1 aliphatic heterocycles. The Kier molecular flexibility index (Phi) is 9.44. The number of aliphatic carboxylic acids is 1. The highest BCUT2D eigenvalue weighted by Gasteiger charge is 2.42. The van der Waals surface area contributed by atoms with Gasteiger partial charge in [-0.05, 0) is 32.1 Å². The molecular formula is C18H32O5. The molecule has 0 aliphatic carbocycles. The van der Waals surface area contributed by atoms with E-state index in [1.807, 2.05) is 6.92 Å². The molecule has 0 aromatic rings. The number of carboxylic acid groups (broad SMARTS) is 1. The number of methoxy groups -OCH3 is 1. The van der Waals surface area contributed by atoms with Crippen LogP contribution < -0.4 is 0 Å². The van der Waals surface area contributed by atoms with Crippen molar-refractivity contribution in [3.8, 4) is 0 Å². The zero-order valence-corrected chi connectivity index (χ0v) is 14.8. The van der Waals surface area contributed by atoms with Gasteiger partial charge in [0.15, 0.2) is 0 Å². The Balaban J connectivity index is 2.26. The molecule has 1 saturated heterocycles. The number of rotatable bonds is 11. The largest absolute Gasteiger partial charge is 0.481 e. The molecule has 1 N–H and O–H groups in total. The van der Waals surface area contributed by atoms with E-state index >= 15 is 0 Å². The number of ether oxygens (including phenoxy) is 1. The predicted octanol–water partition coefficient (Wildman–Crippen LogP) is 4.47. The van der Waals surface area contributed by atoms with Gasteiger partial charge in [-0.1, -0.05) is 38.3 Å². The Morgan fingerprint density at radius 1 is 1.30 bits per heavy atom. The molecule has 0 unspecified atom stereocenters. The molecule has 0 aromatic carbocycles. The van der Waals surface area contributed by atoms with E-state index in [1.54, 1.807) is 7.11 Å². The predicted molar refractivity (Wildman–Crippen MR) is 88.9 cm³/mol. The van der Waals surface area contributed by atoms with Gasteiger partial charge in [0.1, 0.15) is 6.10 Å². The normalized spacial score (nSPS) is 28.3. The first-order valence-corrected chi connectivity index (χ1v) is 8.75. The Labute approximate surface area is 139 Å². The summed E-state index contributed by atoms with van der Waals surface area (Å²) in [5.74, 6) is -1.49. The van der Waals surface area contributed by atoms with Gasteiger partial charge in [0.25, 0.3) is 0 Å². The van der Waals surface area contributed by atoms with Crippen LogP contribution in [0.1, 0.15) is 71.6 Å². The maximum absolute atomic E-state index is 10.8. The smallest absolute Gasteiger partial charge is 0.306 e. The van der Waals surface area contributed by atoms with Crippen LogP contribution in [0.4, 0.5) is 0 Å². The summed E-state index contributed by atoms with van der Waals surface area (Å²) in [6.07, 6.45) is 12.4. The Bertz CT molecular complexity index is 368. The van der Waals surface area contributed by atoms with E-state index in [4.69, 9.17) is 19.6 Å². The molecule has 0 spiro atoms. The lowest BCUT2D eigenvalue weighted by atomic mass is 9.89. The molecule has 1 aliphatic rings. The third-order valence-electron chi connectivity index (χ3n) is 4.50. The van der Waals surface area contributed by atoms with Crippen molar-refractivity contribution in [1.29, 1.82) is 0 Å². The fraction of sp³-hybridized carbons (Fsp3) is 0.833. The van der Waals surface area contributed by atoms with E-state index in [0.717, 1.165) is 25.7 Å². The Hall–Kier alpha value is -0.910. The number of carbonyl (C=O) groups is 1. The van der Waals surface area contributed by atoms with Crippen molar-refractivity contribution in [2.24, 2.45) is 5.92 Å². The molecule has 5 heteroatoms. The van der Waals surface area contributed by atoms with Gasteiger partial charge < -0.3 is 9.84 Å². The molecule has 0 saturated carbocycles. The molecule has 1 rings (SSSR count). The summed E-state index contributed by atoms with van der Waals surface area (Å²) in [4.78, 5) is 21.6. The summed E-state index contributed by atoms with van der Waals surface area (Å²) >= 11 is 0. The van der Waals surface area contributed by atoms with E-state index < -0.39 is 17.9 Å². The molecule has 3 atom stereocenters. The zero-order chi connectivity index (χ0) is 17.1. The molecule has 1 fully saturated rings. The number of hydrogen-bond donors (Lipinski definition) is 1. The van der Waals surface area contributed by atoms with Crippen molar-refractivity contribution >= 4 is 5.97 Å². The van der Waals surface area contributed by atoms with E-state index in [-0.39, 0.29) is 12.3 Å². The van der Waals surface area contributed by atoms with E-state index in [2.05, 4.69) is 19.1 Å². The first kappa shape index (κ1) is 20.1. The van der Waals surface area contributed by atoms with Gasteiger partial charge in [0.2, 0.25) is 5.79 Å². The highest BCUT2D eigenvalue weighted by molar-refractivity contribution is 5.67. The van der Waals surface area contributed by atoms with Crippen molar-refractivity contribution in [2.45, 2.75) is 83.5 Å². The molecule has 0 amide bonds. The minimum Gasteiger partial charge on any atom is -0.481 e. The summed E-state index contributed by atoms with van der Waals surface area (Å²) in [7, 11) is 1.63. The van der Waals surface area contributed by atoms with Gasteiger partial charge in [0.05, 0.1) is 6.42 Å². The van der Waals surface area contributed by atoms with Crippen LogP contribution in [0.3, 0.4) is 0 Å². The molecule has 0 aromatic heterocycles. The number of unbranched alkanes of at least 4 members (excludes halogenated alkanes) is 5. The average Bonchev–Trinajstić information content (AvgIpc) is 2.52. The van der Waals surface area contributed by atoms with Crippen LogP contribution in [0.2, 0.25) is 0 Å². The third kappa shape index (κ3) is 7.46. The molecule has 134 valence electrons. The molecule has 23 heavy (non-hydrogen) atoms. The van der Waals surface area contributed by atoms with Crippen LogP contribution in [-0.4, -0.2) is 30.1 Å². The minimum atomic E-state index is -0.867. The van der Waals surface area contributed by atoms with Crippen LogP contribution in [0.5, 0.6) is 0 Å². The van der Waals surface area contributed by atoms with Crippen LogP contribution in [0.15, 0.2) is 12.2 Å². The lowest BCUT2D eigenvalue weighted by Gasteiger charge is -2.40. The van der Waals surface area contributed by atoms with Crippen molar-refractivity contribution < 1.29 is 24.4 Å². The summed E-state index contributed by atoms with van der Waals surface area (Å²) in [5, 5.41) is 8.88. The lowest BCUT2D eigenvalue weighted by Crippen LogP contribution is -2.46. The fourth-order valence-electron chi connectivity index (χ4n) is 3.02. The Morgan fingerprint density at radius 3 is 2.61 bits per heavy atom. The van der Waals surface area contributed by atoms with Gasteiger partial charge >= 0.3 is 5.97 Å². The van der Waals surface area contributed by atoms with E-state index in [0.29, 0.717) is 6.42 Å². The summed E-state index contributed by atoms with van der Waals surface area (Å²) in [6.45, 7) is 4.05. The molecule has 1 heterocycles. The number of hydrogen-bond acceptors (Lipinski definition) is 4. The highest BCUT2D eigenvalue weighted by Crippen LogP contribution is 2.36. The fourth-order valence-corrected chi connectivity index (χ4v) is 3.02. The monoisotopic (exact) mass is 328 g/mol. The number of carboxylic acids is 1. The van der Waals surface area contributed by atoms with E-state index in [9.17, 15) is 4.79 Å². The van der Waals surface area contributed by atoms with Gasteiger partial charge in [-0.2, -0.15) is 0 Å². The summed E-state index contributed by atoms with van der Waals surface area (Å²) in [5.41, 5.74) is 0. The third-order valence-corrected chi connectivity index (χ3v) is 4.50. The van der Waals surface area contributed by atoms with Crippen LogP contribution in [0, 0.1) is 5.92 Å². The standard InChI is InChI=1S/C18H32O5/c1-4-5-6-7-8-9-10-11-12-18(21-3)14-15(2)16(22-23-18)13-17(19)20/h4-5,15-16H,6-14H2,1-3H3,(H,19,20)/b5-4+/t15-,16-,18+/m0/s1. The SMILES string of the molecule is C/C=C/CCCCCCC[C@]1(OC)C[C@H](C)[C@H](CC(=O)O)OO1. The van der Waals surface area contributed by atoms with Gasteiger partial charge in [-0.25, -0.2) is 9.78 Å². The molecule has 5 nitrogen and oxygen atoms in total. The van der Waals surface area contributed by atoms with Gasteiger partial charge in [-0.15, -0.1) is 0 Å². The first-order valence-electron chi connectivity index (χ1n) is 8.75. The molecule has 0 bridgehead atoms. The van der Waals surface area contributed by atoms with Gasteiger partial charge in [-0.3, -0.25) is 4.79 Å². The van der Waals surface area contributed by atoms with Crippen molar-refractivity contribution in [2.75, 3.05) is 7.11 Å². The lowest BCUT2D eigenvalue weighted by molar-refractivity contribution is -0.475. The van der Waals surface area contributed by atoms with Crippen LogP contribution in [-0.2, 0) is 19.3 Å².